The summed E-state index contributed by atoms with van der Waals surface area (Å²) < 4.78 is 30.2. The monoisotopic (exact) mass is 753 g/mol. The highest BCUT2D eigenvalue weighted by molar-refractivity contribution is 7.78. The van der Waals surface area contributed by atoms with Crippen molar-refractivity contribution >= 4 is 25.3 Å². The molecular weight excluding hydrogens is 687 g/mol. The molecule has 9 heteroatoms. The molecule has 0 bridgehead atoms. The molecule has 1 aliphatic rings. The highest BCUT2D eigenvalue weighted by atomic mass is 31.3. The van der Waals surface area contributed by atoms with Crippen molar-refractivity contribution in [1.82, 2.24) is 13.3 Å². The molecule has 3 aromatic carbocycles. The number of hydrogen-bond acceptors (Lipinski definition) is 6. The molecular formula is C42H66N3O3P3. The van der Waals surface area contributed by atoms with Gasteiger partial charge in [0.15, 0.2) is 0 Å². The summed E-state index contributed by atoms with van der Waals surface area (Å²) in [7, 11) is -3.98. The molecule has 1 fully saturated rings. The van der Waals surface area contributed by atoms with Crippen LogP contribution in [0.5, 0.6) is 17.2 Å². The first-order chi connectivity index (χ1) is 24.2. The second-order valence-corrected chi connectivity index (χ2v) is 21.2. The first-order valence-electron chi connectivity index (χ1n) is 19.3. The van der Waals surface area contributed by atoms with Crippen molar-refractivity contribution in [1.29, 1.82) is 0 Å². The zero-order valence-electron chi connectivity index (χ0n) is 34.2. The number of benzene rings is 3. The Bertz CT molecular complexity index is 1300. The molecule has 3 aromatic rings. The highest BCUT2D eigenvalue weighted by Crippen LogP contribution is 2.77. The van der Waals surface area contributed by atoms with Gasteiger partial charge in [-0.25, -0.2) is 0 Å². The number of para-hydroxylation sites is 3. The van der Waals surface area contributed by atoms with E-state index in [0.717, 1.165) is 36.9 Å². The minimum absolute atomic E-state index is 0.323. The maximum Gasteiger partial charge on any atom is 0.263 e. The average Bonchev–Trinajstić information content (AvgIpc) is 3.08. The van der Waals surface area contributed by atoms with Gasteiger partial charge in [-0.15, -0.1) is 0 Å². The fraction of sp³-hybridized carbons (Fsp3) is 0.571. The van der Waals surface area contributed by atoms with E-state index in [4.69, 9.17) is 13.6 Å². The molecule has 282 valence electrons. The van der Waals surface area contributed by atoms with E-state index in [-0.39, 0.29) is 0 Å². The maximum absolute atomic E-state index is 7.55. The molecule has 51 heavy (non-hydrogen) atoms. The van der Waals surface area contributed by atoms with Gasteiger partial charge in [-0.2, -0.15) is 13.3 Å². The lowest BCUT2D eigenvalue weighted by Crippen LogP contribution is -2.40. The Kier molecular flexibility index (Phi) is 15.2. The van der Waals surface area contributed by atoms with Crippen molar-refractivity contribution in [3.63, 3.8) is 0 Å². The standard InChI is InChI=1S/C42H66N3O3P3/c1-16-43-49(46-40-34(28(4)5)22-19-23-35(40)29(6)7)44(17-2)51(48-42-38(32(12)13)26-21-27-39(42)33(14)15)45(18-3)50(43)47-41-36(30(8)9)24-20-25-37(41)31(10)11/h19-33H,16-18H2,1-15H3. The highest BCUT2D eigenvalue weighted by Gasteiger charge is 2.53. The molecule has 1 heterocycles. The van der Waals surface area contributed by atoms with Crippen LogP contribution in [0.2, 0.25) is 0 Å². The van der Waals surface area contributed by atoms with Crippen LogP contribution in [-0.4, -0.2) is 33.0 Å². The van der Waals surface area contributed by atoms with Gasteiger partial charge in [0.25, 0.3) is 25.3 Å². The molecule has 0 unspecified atom stereocenters. The molecule has 0 spiro atoms. The summed E-state index contributed by atoms with van der Waals surface area (Å²) in [5.74, 6) is 5.01. The van der Waals surface area contributed by atoms with E-state index < -0.39 is 25.3 Å². The normalized spacial score (nSPS) is 19.4. The lowest BCUT2D eigenvalue weighted by atomic mass is 9.94. The molecule has 0 amide bonds. The van der Waals surface area contributed by atoms with Crippen molar-refractivity contribution in [2.45, 2.75) is 139 Å². The van der Waals surface area contributed by atoms with E-state index in [0.29, 0.717) is 35.5 Å². The molecule has 0 N–H and O–H groups in total. The molecule has 6 nitrogen and oxygen atoms in total. The smallest absolute Gasteiger partial charge is 0.263 e. The summed E-state index contributed by atoms with van der Waals surface area (Å²) in [5.41, 5.74) is 7.52. The summed E-state index contributed by atoms with van der Waals surface area (Å²) >= 11 is 0. The first-order valence-corrected chi connectivity index (χ1v) is 22.8. The van der Waals surface area contributed by atoms with E-state index in [1.165, 1.54) is 33.4 Å². The molecule has 1 saturated heterocycles. The van der Waals surface area contributed by atoms with Gasteiger partial charge in [-0.05, 0) is 68.9 Å². The lowest BCUT2D eigenvalue weighted by molar-refractivity contribution is 0.384. The predicted octanol–water partition coefficient (Wildman–Crippen LogP) is 14.6. The van der Waals surface area contributed by atoms with Crippen LogP contribution < -0.4 is 13.6 Å². The number of rotatable bonds is 15. The SMILES string of the molecule is CCN1P(Oc2c(C(C)C)cccc2C(C)C)N(CC)P(Oc2c(C(C)C)cccc2C(C)C)N(CC)P1Oc1c(C(C)C)cccc1C(C)C. The zero-order chi connectivity index (χ0) is 37.7. The summed E-state index contributed by atoms with van der Waals surface area (Å²) in [6.45, 7) is 36.4. The van der Waals surface area contributed by atoms with E-state index in [1.54, 1.807) is 0 Å². The van der Waals surface area contributed by atoms with Crippen LogP contribution in [0.25, 0.3) is 0 Å². The van der Waals surface area contributed by atoms with E-state index >= 15 is 0 Å². The van der Waals surface area contributed by atoms with E-state index in [1.807, 2.05) is 0 Å². The first kappa shape index (κ1) is 42.0. The molecule has 1 aliphatic heterocycles. The Hall–Kier alpha value is -1.77. The zero-order valence-corrected chi connectivity index (χ0v) is 36.9. The third-order valence-electron chi connectivity index (χ3n) is 9.51. The third kappa shape index (κ3) is 9.13. The molecule has 0 radical (unpaired) electrons. The van der Waals surface area contributed by atoms with Crippen LogP contribution in [0.1, 0.15) is 173 Å². The largest absolute Gasteiger partial charge is 0.443 e. The van der Waals surface area contributed by atoms with Crippen LogP contribution in [0.15, 0.2) is 54.6 Å². The van der Waals surface area contributed by atoms with Crippen molar-refractivity contribution < 1.29 is 13.6 Å². The van der Waals surface area contributed by atoms with Gasteiger partial charge in [0.1, 0.15) is 17.2 Å². The minimum Gasteiger partial charge on any atom is -0.443 e. The fourth-order valence-electron chi connectivity index (χ4n) is 6.57. The Morgan fingerprint density at radius 3 is 0.686 bits per heavy atom. The Morgan fingerprint density at radius 2 is 0.549 bits per heavy atom. The maximum atomic E-state index is 7.55. The summed E-state index contributed by atoms with van der Waals surface area (Å²) in [5, 5.41) is 0. The van der Waals surface area contributed by atoms with Gasteiger partial charge in [0, 0.05) is 19.6 Å². The summed E-state index contributed by atoms with van der Waals surface area (Å²) in [6, 6.07) is 20.1. The van der Waals surface area contributed by atoms with Gasteiger partial charge in [0.2, 0.25) is 0 Å². The van der Waals surface area contributed by atoms with Crippen molar-refractivity contribution in [3.8, 4) is 17.2 Å². The van der Waals surface area contributed by atoms with Gasteiger partial charge >= 0.3 is 0 Å². The van der Waals surface area contributed by atoms with Crippen molar-refractivity contribution in [2.24, 2.45) is 0 Å². The van der Waals surface area contributed by atoms with E-state index in [2.05, 4.69) is 172 Å². The predicted molar refractivity (Wildman–Crippen MR) is 224 cm³/mol. The quantitative estimate of drug-likeness (QED) is 0.144. The number of nitrogens with zero attached hydrogens (tertiary/aromatic N) is 3. The summed E-state index contributed by atoms with van der Waals surface area (Å²) in [6.07, 6.45) is 0. The van der Waals surface area contributed by atoms with E-state index in [9.17, 15) is 0 Å². The van der Waals surface area contributed by atoms with Gasteiger partial charge < -0.3 is 13.6 Å². The van der Waals surface area contributed by atoms with Crippen LogP contribution in [-0.2, 0) is 0 Å². The number of hydrogen-bond donors (Lipinski definition) is 0. The van der Waals surface area contributed by atoms with Crippen LogP contribution in [0.3, 0.4) is 0 Å². The second kappa shape index (κ2) is 18.5. The Balaban J connectivity index is 2.00. The van der Waals surface area contributed by atoms with Crippen molar-refractivity contribution in [3.05, 3.63) is 88.0 Å². The Labute approximate surface area is 315 Å². The van der Waals surface area contributed by atoms with Crippen LogP contribution in [0, 0.1) is 0 Å². The third-order valence-corrected chi connectivity index (χ3v) is 17.4. The lowest BCUT2D eigenvalue weighted by Gasteiger charge is -2.52. The fourth-order valence-corrected chi connectivity index (χ4v) is 15.0. The molecule has 4 rings (SSSR count). The van der Waals surface area contributed by atoms with Crippen LogP contribution in [0.4, 0.5) is 0 Å². The average molecular weight is 754 g/mol. The summed E-state index contributed by atoms with van der Waals surface area (Å²) in [4.78, 5) is 0. The minimum atomic E-state index is -1.33. The van der Waals surface area contributed by atoms with Gasteiger partial charge in [0.05, 0.1) is 0 Å². The topological polar surface area (TPSA) is 37.4 Å². The molecule has 0 saturated carbocycles. The van der Waals surface area contributed by atoms with Crippen molar-refractivity contribution in [2.75, 3.05) is 19.6 Å². The second-order valence-electron chi connectivity index (χ2n) is 15.3. The Morgan fingerprint density at radius 1 is 0.373 bits per heavy atom. The molecule has 0 aliphatic carbocycles. The van der Waals surface area contributed by atoms with Gasteiger partial charge in [-0.1, -0.05) is 158 Å². The molecule has 0 aromatic heterocycles. The van der Waals surface area contributed by atoms with Gasteiger partial charge in [-0.3, -0.25) is 0 Å². The molecule has 0 atom stereocenters. The van der Waals surface area contributed by atoms with Crippen LogP contribution >= 0.6 is 25.3 Å².